The molecule has 31 heavy (non-hydrogen) atoms. The van der Waals surface area contributed by atoms with Crippen molar-refractivity contribution in [2.45, 2.75) is 70.3 Å². The molecule has 5 nitrogen and oxygen atoms in total. The fraction of sp³-hybridized carbons (Fsp3) is 0.692. The largest absolute Gasteiger partial charge is 0.444 e. The molecule has 2 amide bonds. The van der Waals surface area contributed by atoms with Gasteiger partial charge in [-0.05, 0) is 82.1 Å². The first-order chi connectivity index (χ1) is 14.7. The van der Waals surface area contributed by atoms with Crippen LogP contribution in [0.4, 0.5) is 4.79 Å². The van der Waals surface area contributed by atoms with Crippen molar-refractivity contribution in [3.05, 3.63) is 35.9 Å². The van der Waals surface area contributed by atoms with Gasteiger partial charge in [0.15, 0.2) is 0 Å². The third kappa shape index (κ3) is 3.74. The molecular formula is C26H36N2O3. The zero-order valence-corrected chi connectivity index (χ0v) is 19.2. The van der Waals surface area contributed by atoms with Crippen LogP contribution in [0.5, 0.6) is 0 Å². The van der Waals surface area contributed by atoms with Gasteiger partial charge in [-0.15, -0.1) is 0 Å². The maximum Gasteiger partial charge on any atom is 0.410 e. The molecule has 4 aliphatic carbocycles. The van der Waals surface area contributed by atoms with Gasteiger partial charge in [-0.1, -0.05) is 30.3 Å². The lowest BCUT2D eigenvalue weighted by atomic mass is 9.42. The summed E-state index contributed by atoms with van der Waals surface area (Å²) in [7, 11) is 0. The summed E-state index contributed by atoms with van der Waals surface area (Å²) in [6, 6.07) is 11.0. The first kappa shape index (κ1) is 20.8. The molecule has 1 aromatic rings. The molecule has 5 fully saturated rings. The molecule has 0 spiro atoms. The second-order valence-corrected chi connectivity index (χ2v) is 11.6. The van der Waals surface area contributed by atoms with Gasteiger partial charge in [0.1, 0.15) is 5.60 Å². The number of carbonyl (C=O) groups excluding carboxylic acids is 2. The van der Waals surface area contributed by atoms with Crippen LogP contribution in [-0.2, 0) is 14.9 Å². The Bertz CT molecular complexity index is 837. The zero-order valence-electron chi connectivity index (χ0n) is 19.2. The van der Waals surface area contributed by atoms with Gasteiger partial charge >= 0.3 is 6.09 Å². The highest BCUT2D eigenvalue weighted by Crippen LogP contribution is 2.66. The number of piperazine rings is 1. The Kier molecular flexibility index (Phi) is 4.87. The second kappa shape index (κ2) is 7.25. The molecule has 4 saturated carbocycles. The monoisotopic (exact) mass is 424 g/mol. The van der Waals surface area contributed by atoms with Crippen molar-refractivity contribution in [1.29, 1.82) is 0 Å². The fourth-order valence-corrected chi connectivity index (χ4v) is 7.40. The zero-order chi connectivity index (χ0) is 21.9. The van der Waals surface area contributed by atoms with Crippen LogP contribution in [0.1, 0.15) is 64.9 Å². The molecule has 1 aromatic carbocycles. The molecule has 4 bridgehead atoms. The van der Waals surface area contributed by atoms with E-state index in [1.165, 1.54) is 24.8 Å². The number of benzene rings is 1. The first-order valence-electron chi connectivity index (χ1n) is 12.0. The summed E-state index contributed by atoms with van der Waals surface area (Å²) < 4.78 is 5.52. The Balaban J connectivity index is 1.31. The normalized spacial score (nSPS) is 34.7. The number of amides is 2. The fourth-order valence-electron chi connectivity index (χ4n) is 7.40. The van der Waals surface area contributed by atoms with E-state index in [1.807, 2.05) is 25.7 Å². The van der Waals surface area contributed by atoms with Crippen molar-refractivity contribution in [3.8, 4) is 0 Å². The van der Waals surface area contributed by atoms with E-state index in [9.17, 15) is 9.59 Å². The van der Waals surface area contributed by atoms with Crippen molar-refractivity contribution >= 4 is 12.0 Å². The van der Waals surface area contributed by atoms with Crippen LogP contribution in [0, 0.1) is 17.3 Å². The quantitative estimate of drug-likeness (QED) is 0.697. The van der Waals surface area contributed by atoms with E-state index in [0.29, 0.717) is 43.9 Å². The summed E-state index contributed by atoms with van der Waals surface area (Å²) in [5, 5.41) is 0. The predicted octanol–water partition coefficient (Wildman–Crippen LogP) is 4.60. The minimum atomic E-state index is -0.491. The maximum absolute atomic E-state index is 13.9. The van der Waals surface area contributed by atoms with Crippen molar-refractivity contribution in [1.82, 2.24) is 9.80 Å². The van der Waals surface area contributed by atoms with Crippen molar-refractivity contribution < 1.29 is 14.3 Å². The van der Waals surface area contributed by atoms with Crippen molar-refractivity contribution in [3.63, 3.8) is 0 Å². The van der Waals surface area contributed by atoms with Gasteiger partial charge in [0.25, 0.3) is 0 Å². The van der Waals surface area contributed by atoms with E-state index in [-0.39, 0.29) is 16.9 Å². The molecule has 1 heterocycles. The van der Waals surface area contributed by atoms with Crippen LogP contribution >= 0.6 is 0 Å². The van der Waals surface area contributed by atoms with Crippen LogP contribution in [0.15, 0.2) is 30.3 Å². The summed E-state index contributed by atoms with van der Waals surface area (Å²) in [4.78, 5) is 30.1. The van der Waals surface area contributed by atoms with E-state index >= 15 is 0 Å². The lowest BCUT2D eigenvalue weighted by molar-refractivity contribution is -0.162. The van der Waals surface area contributed by atoms with Crippen LogP contribution in [-0.4, -0.2) is 53.6 Å². The molecule has 5 heteroatoms. The van der Waals surface area contributed by atoms with Gasteiger partial charge in [0, 0.05) is 26.2 Å². The average Bonchev–Trinajstić information content (AvgIpc) is 2.72. The highest BCUT2D eigenvalue weighted by Gasteiger charge is 2.61. The number of carbonyl (C=O) groups is 2. The maximum atomic E-state index is 13.9. The SMILES string of the molecule is CC(C)(C)OC(=O)N1CCN(C(=O)C23CC4CC(C2)CC(c2ccccc2)(C4)C3)CC1. The molecule has 168 valence electrons. The summed E-state index contributed by atoms with van der Waals surface area (Å²) >= 11 is 0. The molecule has 0 aromatic heterocycles. The summed E-state index contributed by atoms with van der Waals surface area (Å²) in [6.07, 6.45) is 6.64. The predicted molar refractivity (Wildman–Crippen MR) is 120 cm³/mol. The number of hydrogen-bond donors (Lipinski definition) is 0. The number of nitrogens with zero attached hydrogens (tertiary/aromatic N) is 2. The van der Waals surface area contributed by atoms with E-state index in [4.69, 9.17) is 4.74 Å². The van der Waals surface area contributed by atoms with Crippen LogP contribution in [0.2, 0.25) is 0 Å². The number of hydrogen-bond acceptors (Lipinski definition) is 3. The Morgan fingerprint density at radius 1 is 0.903 bits per heavy atom. The third-order valence-corrected chi connectivity index (χ3v) is 8.12. The number of rotatable bonds is 2. The third-order valence-electron chi connectivity index (χ3n) is 8.12. The first-order valence-corrected chi connectivity index (χ1v) is 12.0. The summed E-state index contributed by atoms with van der Waals surface area (Å²) in [6.45, 7) is 8.03. The molecule has 0 N–H and O–H groups in total. The van der Waals surface area contributed by atoms with Gasteiger partial charge in [0.05, 0.1) is 5.41 Å². The average molecular weight is 425 g/mol. The lowest BCUT2D eigenvalue weighted by Gasteiger charge is -2.62. The van der Waals surface area contributed by atoms with E-state index < -0.39 is 5.60 Å². The molecular weight excluding hydrogens is 388 g/mol. The molecule has 1 aliphatic heterocycles. The van der Waals surface area contributed by atoms with Gasteiger partial charge in [-0.25, -0.2) is 4.79 Å². The summed E-state index contributed by atoms with van der Waals surface area (Å²) in [5.74, 6) is 1.70. The smallest absolute Gasteiger partial charge is 0.410 e. The highest BCUT2D eigenvalue weighted by molar-refractivity contribution is 5.84. The lowest BCUT2D eigenvalue weighted by Crippen LogP contribution is -2.61. The van der Waals surface area contributed by atoms with Gasteiger partial charge in [-0.2, -0.15) is 0 Å². The number of ether oxygens (including phenoxy) is 1. The van der Waals surface area contributed by atoms with Gasteiger partial charge < -0.3 is 14.5 Å². The second-order valence-electron chi connectivity index (χ2n) is 11.6. The molecule has 2 atom stereocenters. The van der Waals surface area contributed by atoms with Gasteiger partial charge in [-0.3, -0.25) is 4.79 Å². The van der Waals surface area contributed by atoms with E-state index in [2.05, 4.69) is 30.3 Å². The van der Waals surface area contributed by atoms with E-state index in [0.717, 1.165) is 19.3 Å². The minimum Gasteiger partial charge on any atom is -0.444 e. The van der Waals surface area contributed by atoms with Gasteiger partial charge in [0.2, 0.25) is 5.91 Å². The van der Waals surface area contributed by atoms with Crippen molar-refractivity contribution in [2.75, 3.05) is 26.2 Å². The topological polar surface area (TPSA) is 49.9 Å². The Hall–Kier alpha value is -2.04. The van der Waals surface area contributed by atoms with E-state index in [1.54, 1.807) is 4.90 Å². The Morgan fingerprint density at radius 2 is 1.48 bits per heavy atom. The van der Waals surface area contributed by atoms with Crippen LogP contribution < -0.4 is 0 Å². The van der Waals surface area contributed by atoms with Crippen molar-refractivity contribution in [2.24, 2.45) is 17.3 Å². The molecule has 6 rings (SSSR count). The molecule has 0 radical (unpaired) electrons. The van der Waals surface area contributed by atoms with Crippen LogP contribution in [0.25, 0.3) is 0 Å². The summed E-state index contributed by atoms with van der Waals surface area (Å²) in [5.41, 5.74) is 0.929. The minimum absolute atomic E-state index is 0.180. The standard InChI is InChI=1S/C26H36N2O3/c1-24(2,3)31-23(30)28-11-9-27(10-12-28)22(29)26-16-19-13-20(17-26)15-25(14-19,18-26)21-7-5-4-6-8-21/h4-8,19-20H,9-18H2,1-3H3. The molecule has 2 unspecified atom stereocenters. The van der Waals surface area contributed by atoms with Crippen LogP contribution in [0.3, 0.4) is 0 Å². The Labute approximate surface area is 186 Å². The highest BCUT2D eigenvalue weighted by atomic mass is 16.6. The Morgan fingerprint density at radius 3 is 2.06 bits per heavy atom. The molecule has 5 aliphatic rings. The molecule has 1 saturated heterocycles.